The fourth-order valence-corrected chi connectivity index (χ4v) is 4.56. The highest BCUT2D eigenvalue weighted by molar-refractivity contribution is 9.11. The smallest absolute Gasteiger partial charge is 0.363 e. The summed E-state index contributed by atoms with van der Waals surface area (Å²) >= 11 is 13.0. The van der Waals surface area contributed by atoms with E-state index in [1.54, 1.807) is 36.4 Å². The quantitative estimate of drug-likeness (QED) is 0.249. The molecular formula is C23H13Br2ClFNO3. The van der Waals surface area contributed by atoms with Gasteiger partial charge in [-0.1, -0.05) is 35.9 Å². The molecule has 31 heavy (non-hydrogen) atoms. The summed E-state index contributed by atoms with van der Waals surface area (Å²) in [4.78, 5) is 16.4. The Morgan fingerprint density at radius 3 is 2.52 bits per heavy atom. The van der Waals surface area contributed by atoms with Crippen LogP contribution in [0.5, 0.6) is 5.75 Å². The number of carbonyl (C=O) groups excluding carboxylic acids is 1. The second-order valence-corrected chi connectivity index (χ2v) is 8.69. The van der Waals surface area contributed by atoms with Crippen LogP contribution in [0.15, 0.2) is 80.3 Å². The summed E-state index contributed by atoms with van der Waals surface area (Å²) in [5, 5.41) is 0.639. The lowest BCUT2D eigenvalue weighted by Crippen LogP contribution is -2.07. The number of rotatable bonds is 5. The van der Waals surface area contributed by atoms with Crippen molar-refractivity contribution in [3.05, 3.63) is 103 Å². The molecule has 1 heterocycles. The van der Waals surface area contributed by atoms with Crippen molar-refractivity contribution in [1.82, 2.24) is 0 Å². The Hall–Kier alpha value is -2.48. The number of hydrogen-bond donors (Lipinski definition) is 0. The first-order valence-corrected chi connectivity index (χ1v) is 11.0. The molecular weight excluding hydrogens is 553 g/mol. The van der Waals surface area contributed by atoms with Crippen molar-refractivity contribution in [1.29, 1.82) is 0 Å². The summed E-state index contributed by atoms with van der Waals surface area (Å²) in [6.07, 6.45) is 1.56. The Bertz CT molecular complexity index is 1220. The number of ether oxygens (including phenoxy) is 2. The molecule has 8 heteroatoms. The van der Waals surface area contributed by atoms with Gasteiger partial charge in [-0.2, -0.15) is 0 Å². The van der Waals surface area contributed by atoms with E-state index in [2.05, 4.69) is 36.9 Å². The summed E-state index contributed by atoms with van der Waals surface area (Å²) in [5.41, 5.74) is 1.82. The van der Waals surface area contributed by atoms with E-state index in [0.29, 0.717) is 31.9 Å². The molecule has 0 spiro atoms. The Morgan fingerprint density at radius 2 is 1.81 bits per heavy atom. The van der Waals surface area contributed by atoms with Crippen LogP contribution in [0, 0.1) is 5.82 Å². The number of hydrogen-bond acceptors (Lipinski definition) is 4. The minimum Gasteiger partial charge on any atom is -0.487 e. The van der Waals surface area contributed by atoms with Crippen molar-refractivity contribution in [3.63, 3.8) is 0 Å². The lowest BCUT2D eigenvalue weighted by Gasteiger charge is -2.11. The predicted octanol–water partition coefficient (Wildman–Crippen LogP) is 6.93. The third kappa shape index (κ3) is 5.06. The van der Waals surface area contributed by atoms with E-state index < -0.39 is 11.8 Å². The van der Waals surface area contributed by atoms with E-state index >= 15 is 0 Å². The molecule has 3 aromatic rings. The molecule has 0 unspecified atom stereocenters. The average molecular weight is 566 g/mol. The molecule has 0 saturated heterocycles. The van der Waals surface area contributed by atoms with E-state index in [1.165, 1.54) is 12.1 Å². The van der Waals surface area contributed by atoms with Crippen molar-refractivity contribution in [2.45, 2.75) is 6.61 Å². The van der Waals surface area contributed by atoms with Crippen LogP contribution in [0.3, 0.4) is 0 Å². The van der Waals surface area contributed by atoms with E-state index in [-0.39, 0.29) is 17.2 Å². The maximum Gasteiger partial charge on any atom is 0.363 e. The fraction of sp³-hybridized carbons (Fsp3) is 0.0435. The highest BCUT2D eigenvalue weighted by Crippen LogP contribution is 2.36. The van der Waals surface area contributed by atoms with Crippen LogP contribution in [0.25, 0.3) is 6.08 Å². The first-order valence-electron chi connectivity index (χ1n) is 9.04. The van der Waals surface area contributed by atoms with Gasteiger partial charge in [0.15, 0.2) is 5.70 Å². The van der Waals surface area contributed by atoms with Crippen LogP contribution in [-0.4, -0.2) is 11.9 Å². The van der Waals surface area contributed by atoms with Crippen LogP contribution >= 0.6 is 43.5 Å². The van der Waals surface area contributed by atoms with E-state index in [1.807, 2.05) is 18.2 Å². The van der Waals surface area contributed by atoms with Crippen LogP contribution in [-0.2, 0) is 16.1 Å². The molecule has 0 radical (unpaired) electrons. The first-order chi connectivity index (χ1) is 14.9. The van der Waals surface area contributed by atoms with Gasteiger partial charge in [0, 0.05) is 5.02 Å². The van der Waals surface area contributed by atoms with Crippen molar-refractivity contribution in [3.8, 4) is 5.75 Å². The molecule has 0 atom stereocenters. The van der Waals surface area contributed by atoms with Gasteiger partial charge in [0.25, 0.3) is 0 Å². The number of benzene rings is 3. The second-order valence-electron chi connectivity index (χ2n) is 6.55. The number of nitrogens with zero attached hydrogens (tertiary/aromatic N) is 1. The SMILES string of the molecule is O=C1OC(c2ccccc2F)=N/C1=C\c1cc(Br)c(OCc2cccc(Cl)c2)c(Br)c1. The zero-order valence-electron chi connectivity index (χ0n) is 15.7. The largest absolute Gasteiger partial charge is 0.487 e. The van der Waals surface area contributed by atoms with Gasteiger partial charge >= 0.3 is 5.97 Å². The number of carbonyl (C=O) groups is 1. The average Bonchev–Trinajstić information content (AvgIpc) is 3.08. The molecule has 1 aliphatic heterocycles. The maximum absolute atomic E-state index is 14.0. The first kappa shape index (κ1) is 21.7. The highest BCUT2D eigenvalue weighted by Gasteiger charge is 2.26. The van der Waals surface area contributed by atoms with Crippen LogP contribution in [0.1, 0.15) is 16.7 Å². The standard InChI is InChI=1S/C23H13Br2ClFNO3/c24-17-9-14(10-18(25)21(17)30-12-13-4-3-5-15(26)8-13)11-20-23(29)31-22(28-20)16-6-1-2-7-19(16)27/h1-11H,12H2/b20-11-. The molecule has 4 nitrogen and oxygen atoms in total. The summed E-state index contributed by atoms with van der Waals surface area (Å²) in [6, 6.07) is 17.0. The lowest BCUT2D eigenvalue weighted by molar-refractivity contribution is -0.129. The summed E-state index contributed by atoms with van der Waals surface area (Å²) in [7, 11) is 0. The maximum atomic E-state index is 14.0. The molecule has 0 bridgehead atoms. The van der Waals surface area contributed by atoms with Gasteiger partial charge in [0.1, 0.15) is 18.2 Å². The van der Waals surface area contributed by atoms with Gasteiger partial charge < -0.3 is 9.47 Å². The summed E-state index contributed by atoms with van der Waals surface area (Å²) < 4.78 is 26.4. The van der Waals surface area contributed by atoms with Crippen molar-refractivity contribution in [2.75, 3.05) is 0 Å². The van der Waals surface area contributed by atoms with E-state index in [0.717, 1.165) is 5.56 Å². The molecule has 0 saturated carbocycles. The van der Waals surface area contributed by atoms with Crippen LogP contribution in [0.4, 0.5) is 4.39 Å². The molecule has 0 amide bonds. The third-order valence-corrected chi connectivity index (χ3v) is 5.73. The molecule has 156 valence electrons. The van der Waals surface area contributed by atoms with Gasteiger partial charge in [-0.3, -0.25) is 0 Å². The molecule has 0 fully saturated rings. The number of esters is 1. The van der Waals surface area contributed by atoms with Crippen molar-refractivity contribution >= 4 is 61.4 Å². The Labute approximate surface area is 199 Å². The Morgan fingerprint density at radius 1 is 1.06 bits per heavy atom. The molecule has 3 aromatic carbocycles. The molecule has 0 N–H and O–H groups in total. The van der Waals surface area contributed by atoms with Gasteiger partial charge in [-0.15, -0.1) is 0 Å². The number of aliphatic imine (C=N–C) groups is 1. The zero-order valence-corrected chi connectivity index (χ0v) is 19.7. The molecule has 0 aromatic heterocycles. The van der Waals surface area contributed by atoms with Gasteiger partial charge in [0.05, 0.1) is 14.5 Å². The predicted molar refractivity (Wildman–Crippen MR) is 125 cm³/mol. The minimum atomic E-state index is -0.646. The monoisotopic (exact) mass is 563 g/mol. The Balaban J connectivity index is 1.57. The molecule has 4 rings (SSSR count). The lowest BCUT2D eigenvalue weighted by atomic mass is 10.2. The third-order valence-electron chi connectivity index (χ3n) is 4.32. The van der Waals surface area contributed by atoms with E-state index in [9.17, 15) is 9.18 Å². The number of cyclic esters (lactones) is 1. The minimum absolute atomic E-state index is 0.0612. The molecule has 1 aliphatic rings. The summed E-state index contributed by atoms with van der Waals surface area (Å²) in [5.74, 6) is -0.616. The van der Waals surface area contributed by atoms with Crippen LogP contribution < -0.4 is 4.74 Å². The van der Waals surface area contributed by atoms with Gasteiger partial charge in [-0.05, 0) is 85.5 Å². The molecule has 0 aliphatic carbocycles. The fourth-order valence-electron chi connectivity index (χ4n) is 2.90. The topological polar surface area (TPSA) is 47.9 Å². The van der Waals surface area contributed by atoms with Gasteiger partial charge in [-0.25, -0.2) is 14.2 Å². The summed E-state index contributed by atoms with van der Waals surface area (Å²) in [6.45, 7) is 0.334. The van der Waals surface area contributed by atoms with Crippen molar-refractivity contribution < 1.29 is 18.7 Å². The second kappa shape index (κ2) is 9.34. The van der Waals surface area contributed by atoms with Crippen LogP contribution in [0.2, 0.25) is 5.02 Å². The zero-order chi connectivity index (χ0) is 22.0. The van der Waals surface area contributed by atoms with Crippen molar-refractivity contribution in [2.24, 2.45) is 4.99 Å². The van der Waals surface area contributed by atoms with Gasteiger partial charge in [0.2, 0.25) is 5.90 Å². The Kier molecular flexibility index (Phi) is 6.55. The van der Waals surface area contributed by atoms with E-state index in [4.69, 9.17) is 21.1 Å². The number of halogens is 4. The highest BCUT2D eigenvalue weighted by atomic mass is 79.9. The normalized spacial score (nSPS) is 14.5.